The van der Waals surface area contributed by atoms with Crippen molar-refractivity contribution in [3.63, 3.8) is 0 Å². The Morgan fingerprint density at radius 3 is 2.74 bits per heavy atom. The number of hydrogen-bond donors (Lipinski definition) is 2. The van der Waals surface area contributed by atoms with Crippen molar-refractivity contribution >= 4 is 5.91 Å². The summed E-state index contributed by atoms with van der Waals surface area (Å²) in [7, 11) is 0. The molecule has 0 aliphatic heterocycles. The molecule has 0 atom stereocenters. The Morgan fingerprint density at radius 1 is 1.37 bits per heavy atom. The topological polar surface area (TPSA) is 82.0 Å². The van der Waals surface area contributed by atoms with Gasteiger partial charge in [0.1, 0.15) is 5.82 Å². The van der Waals surface area contributed by atoms with Crippen molar-refractivity contribution in [3.8, 4) is 11.3 Å². The molecule has 5 heteroatoms. The van der Waals surface area contributed by atoms with Crippen LogP contribution in [0.2, 0.25) is 0 Å². The van der Waals surface area contributed by atoms with Crippen LogP contribution in [0, 0.1) is 12.7 Å². The fraction of sp³-hybridized carbons (Fsp3) is 0.143. The van der Waals surface area contributed by atoms with Crippen LogP contribution in [0.4, 0.5) is 4.39 Å². The molecule has 1 amide bonds. The van der Waals surface area contributed by atoms with Gasteiger partial charge >= 0.3 is 0 Å². The Balaban J connectivity index is 2.66. The molecule has 2 rings (SSSR count). The number of amides is 1. The van der Waals surface area contributed by atoms with E-state index in [4.69, 9.17) is 11.5 Å². The maximum Gasteiger partial charge on any atom is 0.251 e. The maximum absolute atomic E-state index is 14.3. The van der Waals surface area contributed by atoms with Gasteiger partial charge in [-0.1, -0.05) is 6.07 Å². The lowest BCUT2D eigenvalue weighted by atomic mass is 9.99. The van der Waals surface area contributed by atoms with Crippen molar-refractivity contribution in [2.75, 3.05) is 0 Å². The Labute approximate surface area is 110 Å². The van der Waals surface area contributed by atoms with E-state index >= 15 is 0 Å². The van der Waals surface area contributed by atoms with E-state index in [1.165, 1.54) is 6.07 Å². The molecule has 0 radical (unpaired) electrons. The maximum atomic E-state index is 14.3. The van der Waals surface area contributed by atoms with Crippen molar-refractivity contribution in [1.82, 2.24) is 4.98 Å². The highest BCUT2D eigenvalue weighted by atomic mass is 19.1. The first kappa shape index (κ1) is 13.2. The minimum absolute atomic E-state index is 0.138. The van der Waals surface area contributed by atoms with Crippen LogP contribution in [0.25, 0.3) is 11.3 Å². The number of benzene rings is 1. The van der Waals surface area contributed by atoms with Gasteiger partial charge in [0.2, 0.25) is 0 Å². The van der Waals surface area contributed by atoms with Gasteiger partial charge in [-0.25, -0.2) is 4.39 Å². The molecular weight excluding hydrogens is 245 g/mol. The first-order chi connectivity index (χ1) is 9.04. The lowest BCUT2D eigenvalue weighted by Crippen LogP contribution is -2.14. The van der Waals surface area contributed by atoms with Crippen LogP contribution in [-0.4, -0.2) is 10.9 Å². The Bertz CT molecular complexity index is 641. The predicted octanol–water partition coefficient (Wildman–Crippen LogP) is 1.75. The lowest BCUT2D eigenvalue weighted by molar-refractivity contribution is 0.0996. The second-order valence-electron chi connectivity index (χ2n) is 4.24. The highest BCUT2D eigenvalue weighted by molar-refractivity contribution is 5.94. The Hall–Kier alpha value is -2.27. The van der Waals surface area contributed by atoms with Crippen LogP contribution in [0.1, 0.15) is 21.5 Å². The first-order valence-corrected chi connectivity index (χ1v) is 5.79. The monoisotopic (exact) mass is 259 g/mol. The molecule has 0 spiro atoms. The Kier molecular flexibility index (Phi) is 3.57. The molecular formula is C14H14FN3O. The molecule has 1 heterocycles. The molecule has 2 aromatic rings. The number of nitrogens with two attached hydrogens (primary N) is 2. The number of pyridine rings is 1. The molecule has 0 aliphatic carbocycles. The average Bonchev–Trinajstić information content (AvgIpc) is 2.38. The second-order valence-corrected chi connectivity index (χ2v) is 4.24. The smallest absolute Gasteiger partial charge is 0.251 e. The quantitative estimate of drug-likeness (QED) is 0.881. The molecule has 0 aliphatic rings. The third-order valence-corrected chi connectivity index (χ3v) is 2.93. The number of halogens is 1. The summed E-state index contributed by atoms with van der Waals surface area (Å²) >= 11 is 0. The van der Waals surface area contributed by atoms with Gasteiger partial charge in [-0.15, -0.1) is 0 Å². The molecule has 0 saturated heterocycles. The summed E-state index contributed by atoms with van der Waals surface area (Å²) in [5.41, 5.74) is 12.8. The summed E-state index contributed by atoms with van der Waals surface area (Å²) in [6, 6.07) is 6.49. The number of nitrogens with zero attached hydrogens (tertiary/aromatic N) is 1. The number of carbonyl (C=O) groups is 1. The zero-order valence-corrected chi connectivity index (χ0v) is 10.5. The van der Waals surface area contributed by atoms with E-state index in [0.29, 0.717) is 17.8 Å². The number of rotatable bonds is 3. The van der Waals surface area contributed by atoms with E-state index < -0.39 is 11.7 Å². The summed E-state index contributed by atoms with van der Waals surface area (Å²) in [5.74, 6) is -1.44. The van der Waals surface area contributed by atoms with Crippen molar-refractivity contribution in [1.29, 1.82) is 0 Å². The van der Waals surface area contributed by atoms with Gasteiger partial charge in [-0.2, -0.15) is 0 Å². The summed E-state index contributed by atoms with van der Waals surface area (Å²) in [6.07, 6.45) is 1.56. The number of aromatic nitrogens is 1. The number of carbonyl (C=O) groups excluding carboxylic acids is 1. The van der Waals surface area contributed by atoms with Crippen molar-refractivity contribution in [2.45, 2.75) is 13.5 Å². The van der Waals surface area contributed by atoms with Crippen molar-refractivity contribution < 1.29 is 9.18 Å². The van der Waals surface area contributed by atoms with Crippen molar-refractivity contribution in [3.05, 3.63) is 53.0 Å². The van der Waals surface area contributed by atoms with Gasteiger partial charge in [0.25, 0.3) is 5.91 Å². The third kappa shape index (κ3) is 2.46. The number of hydrogen-bond acceptors (Lipinski definition) is 3. The van der Waals surface area contributed by atoms with Gasteiger partial charge in [0, 0.05) is 18.3 Å². The molecule has 4 N–H and O–H groups in total. The average molecular weight is 259 g/mol. The summed E-state index contributed by atoms with van der Waals surface area (Å²) in [4.78, 5) is 15.3. The van der Waals surface area contributed by atoms with Crippen LogP contribution < -0.4 is 11.5 Å². The molecule has 1 aromatic heterocycles. The van der Waals surface area contributed by atoms with Gasteiger partial charge in [0.15, 0.2) is 0 Å². The molecule has 98 valence electrons. The summed E-state index contributed by atoms with van der Waals surface area (Å²) < 4.78 is 14.3. The van der Waals surface area contributed by atoms with E-state index in [0.717, 1.165) is 5.56 Å². The van der Waals surface area contributed by atoms with Gasteiger partial charge < -0.3 is 11.5 Å². The molecule has 4 nitrogen and oxygen atoms in total. The fourth-order valence-electron chi connectivity index (χ4n) is 1.92. The van der Waals surface area contributed by atoms with E-state index in [-0.39, 0.29) is 11.1 Å². The highest BCUT2D eigenvalue weighted by Crippen LogP contribution is 2.27. The van der Waals surface area contributed by atoms with Gasteiger partial charge in [-0.3, -0.25) is 9.78 Å². The minimum Gasteiger partial charge on any atom is -0.366 e. The highest BCUT2D eigenvalue weighted by Gasteiger charge is 2.17. The Morgan fingerprint density at radius 2 is 2.11 bits per heavy atom. The van der Waals surface area contributed by atoms with E-state index in [1.54, 1.807) is 31.3 Å². The summed E-state index contributed by atoms with van der Waals surface area (Å²) in [6.45, 7) is 2.09. The standard InChI is InChI=1S/C14H14FN3O/c1-8-2-3-10(14(17)19)13(15)12(8)11-6-9(7-16)4-5-18-11/h2-6H,7,16H2,1H3,(H2,17,19). The zero-order valence-electron chi connectivity index (χ0n) is 10.5. The van der Waals surface area contributed by atoms with Crippen LogP contribution in [-0.2, 0) is 6.54 Å². The van der Waals surface area contributed by atoms with Crippen LogP contribution in [0.15, 0.2) is 30.5 Å². The van der Waals surface area contributed by atoms with E-state index in [2.05, 4.69) is 4.98 Å². The van der Waals surface area contributed by atoms with Gasteiger partial charge in [-0.05, 0) is 36.2 Å². The van der Waals surface area contributed by atoms with Gasteiger partial charge in [0.05, 0.1) is 11.3 Å². The molecule has 0 fully saturated rings. The van der Waals surface area contributed by atoms with E-state index in [1.807, 2.05) is 0 Å². The molecule has 1 aromatic carbocycles. The molecule has 0 saturated carbocycles. The van der Waals surface area contributed by atoms with E-state index in [9.17, 15) is 9.18 Å². The SMILES string of the molecule is Cc1ccc(C(N)=O)c(F)c1-c1cc(CN)ccn1. The normalized spacial score (nSPS) is 10.5. The van der Waals surface area contributed by atoms with Crippen molar-refractivity contribution in [2.24, 2.45) is 11.5 Å². The number of aryl methyl sites for hydroxylation is 1. The first-order valence-electron chi connectivity index (χ1n) is 5.79. The fourth-order valence-corrected chi connectivity index (χ4v) is 1.92. The number of primary amides is 1. The zero-order chi connectivity index (χ0) is 14.0. The largest absolute Gasteiger partial charge is 0.366 e. The van der Waals surface area contributed by atoms with Crippen LogP contribution >= 0.6 is 0 Å². The van der Waals surface area contributed by atoms with Crippen LogP contribution in [0.3, 0.4) is 0 Å². The third-order valence-electron chi connectivity index (χ3n) is 2.93. The predicted molar refractivity (Wildman–Crippen MR) is 70.8 cm³/mol. The molecule has 19 heavy (non-hydrogen) atoms. The minimum atomic E-state index is -0.797. The molecule has 0 unspecified atom stereocenters. The molecule has 0 bridgehead atoms. The summed E-state index contributed by atoms with van der Waals surface area (Å²) in [5, 5.41) is 0. The van der Waals surface area contributed by atoms with Crippen LogP contribution in [0.5, 0.6) is 0 Å². The second kappa shape index (κ2) is 5.16. The lowest BCUT2D eigenvalue weighted by Gasteiger charge is -2.10.